The predicted molar refractivity (Wildman–Crippen MR) is 68.8 cm³/mol. The van der Waals surface area contributed by atoms with Crippen LogP contribution < -0.4 is 16.4 Å². The quantitative estimate of drug-likeness (QED) is 0.674. The molecule has 1 aromatic heterocycles. The topological polar surface area (TPSA) is 97.1 Å². The Morgan fingerprint density at radius 2 is 2.22 bits per heavy atom. The van der Waals surface area contributed by atoms with Crippen molar-refractivity contribution in [2.45, 2.75) is 25.8 Å². The summed E-state index contributed by atoms with van der Waals surface area (Å²) in [5.74, 6) is -0.453. The number of nitrogens with zero attached hydrogens (tertiary/aromatic N) is 1. The van der Waals surface area contributed by atoms with Gasteiger partial charge in [0.05, 0.1) is 18.4 Å². The highest BCUT2D eigenvalue weighted by Gasteiger charge is 2.06. The summed E-state index contributed by atoms with van der Waals surface area (Å²) in [5, 5.41) is 5.15. The van der Waals surface area contributed by atoms with Gasteiger partial charge in [0.25, 0.3) is 0 Å². The first kappa shape index (κ1) is 14.1. The molecule has 6 nitrogen and oxygen atoms in total. The van der Waals surface area contributed by atoms with E-state index >= 15 is 0 Å². The summed E-state index contributed by atoms with van der Waals surface area (Å²) >= 11 is 0. The first-order valence-electron chi connectivity index (χ1n) is 5.80. The number of pyridine rings is 1. The fourth-order valence-corrected chi connectivity index (χ4v) is 1.27. The van der Waals surface area contributed by atoms with Crippen LogP contribution in [0.15, 0.2) is 24.5 Å². The molecular weight excluding hydrogens is 232 g/mol. The predicted octanol–water partition coefficient (Wildman–Crippen LogP) is 0.264. The van der Waals surface area contributed by atoms with Crippen molar-refractivity contribution >= 4 is 17.5 Å². The molecule has 0 aliphatic carbocycles. The second-order valence-corrected chi connectivity index (χ2v) is 4.08. The fraction of sp³-hybridized carbons (Fsp3) is 0.417. The van der Waals surface area contributed by atoms with Crippen molar-refractivity contribution in [2.24, 2.45) is 5.73 Å². The van der Waals surface area contributed by atoms with Crippen LogP contribution in [0.4, 0.5) is 5.69 Å². The van der Waals surface area contributed by atoms with Crippen LogP contribution in [0.2, 0.25) is 0 Å². The van der Waals surface area contributed by atoms with Gasteiger partial charge in [-0.3, -0.25) is 14.6 Å². The van der Waals surface area contributed by atoms with Crippen molar-refractivity contribution in [3.8, 4) is 0 Å². The lowest BCUT2D eigenvalue weighted by atomic mass is 10.2. The first-order chi connectivity index (χ1) is 8.58. The van der Waals surface area contributed by atoms with Crippen molar-refractivity contribution in [1.82, 2.24) is 10.3 Å². The zero-order valence-electron chi connectivity index (χ0n) is 10.3. The molecule has 6 heteroatoms. The number of carbonyl (C=O) groups excluding carboxylic acids is 2. The number of rotatable bonds is 6. The van der Waals surface area contributed by atoms with Gasteiger partial charge in [-0.15, -0.1) is 0 Å². The largest absolute Gasteiger partial charge is 0.347 e. The van der Waals surface area contributed by atoms with E-state index in [0.717, 1.165) is 0 Å². The van der Waals surface area contributed by atoms with E-state index in [2.05, 4.69) is 15.6 Å². The van der Waals surface area contributed by atoms with E-state index in [-0.39, 0.29) is 24.4 Å². The molecule has 0 fully saturated rings. The lowest BCUT2D eigenvalue weighted by molar-refractivity contribution is -0.124. The lowest BCUT2D eigenvalue weighted by Crippen LogP contribution is -2.33. The van der Waals surface area contributed by atoms with Crippen LogP contribution in [-0.2, 0) is 9.59 Å². The smallest absolute Gasteiger partial charge is 0.243 e. The molecule has 1 aromatic rings. The van der Waals surface area contributed by atoms with Crippen molar-refractivity contribution in [2.75, 3.05) is 11.9 Å². The molecule has 0 saturated heterocycles. The van der Waals surface area contributed by atoms with Gasteiger partial charge in [-0.25, -0.2) is 0 Å². The minimum absolute atomic E-state index is 0.0139. The molecule has 0 spiro atoms. The molecule has 0 radical (unpaired) electrons. The summed E-state index contributed by atoms with van der Waals surface area (Å²) in [6.07, 6.45) is 4.09. The Balaban J connectivity index is 2.23. The lowest BCUT2D eigenvalue weighted by Gasteiger charge is -2.07. The van der Waals surface area contributed by atoms with E-state index in [9.17, 15) is 9.59 Å². The van der Waals surface area contributed by atoms with Gasteiger partial charge in [-0.05, 0) is 25.5 Å². The zero-order chi connectivity index (χ0) is 13.4. The van der Waals surface area contributed by atoms with Gasteiger partial charge in [0.1, 0.15) is 0 Å². The molecular formula is C12H18N4O2. The number of aromatic nitrogens is 1. The Morgan fingerprint density at radius 3 is 2.83 bits per heavy atom. The maximum atomic E-state index is 11.5. The number of anilines is 1. The van der Waals surface area contributed by atoms with E-state index in [4.69, 9.17) is 5.73 Å². The van der Waals surface area contributed by atoms with Crippen LogP contribution in [0.25, 0.3) is 0 Å². The maximum Gasteiger partial charge on any atom is 0.243 e. The van der Waals surface area contributed by atoms with Crippen LogP contribution in [-0.4, -0.2) is 29.4 Å². The number of hydrogen-bond donors (Lipinski definition) is 3. The molecule has 0 aliphatic heterocycles. The molecule has 0 aliphatic rings. The van der Waals surface area contributed by atoms with E-state index < -0.39 is 0 Å². The third-order valence-electron chi connectivity index (χ3n) is 2.22. The molecule has 1 rings (SSSR count). The normalized spacial score (nSPS) is 11.7. The Morgan fingerprint density at radius 1 is 1.44 bits per heavy atom. The van der Waals surface area contributed by atoms with Crippen LogP contribution in [0.1, 0.15) is 19.8 Å². The van der Waals surface area contributed by atoms with Crippen LogP contribution >= 0.6 is 0 Å². The van der Waals surface area contributed by atoms with Gasteiger partial charge in [-0.1, -0.05) is 0 Å². The zero-order valence-corrected chi connectivity index (χ0v) is 10.3. The van der Waals surface area contributed by atoms with E-state index in [1.54, 1.807) is 18.3 Å². The molecule has 1 unspecified atom stereocenters. The molecule has 18 heavy (non-hydrogen) atoms. The third kappa shape index (κ3) is 5.95. The molecule has 0 saturated carbocycles. The second kappa shape index (κ2) is 7.39. The Kier molecular flexibility index (Phi) is 5.79. The number of nitrogens with one attached hydrogen (secondary N) is 2. The van der Waals surface area contributed by atoms with Crippen molar-refractivity contribution < 1.29 is 9.59 Å². The summed E-state index contributed by atoms with van der Waals surface area (Å²) in [5.41, 5.74) is 6.14. The molecule has 4 N–H and O–H groups in total. The number of hydrogen-bond acceptors (Lipinski definition) is 4. The Bertz CT molecular complexity index is 392. The summed E-state index contributed by atoms with van der Waals surface area (Å²) in [6.45, 7) is 1.79. The number of carbonyl (C=O) groups is 2. The fourth-order valence-electron chi connectivity index (χ4n) is 1.27. The Hall–Kier alpha value is -1.95. The Labute approximate surface area is 106 Å². The maximum absolute atomic E-state index is 11.5. The minimum atomic E-state index is -0.280. The van der Waals surface area contributed by atoms with Gasteiger partial charge in [0.15, 0.2) is 0 Å². The van der Waals surface area contributed by atoms with E-state index in [1.807, 2.05) is 6.92 Å². The van der Waals surface area contributed by atoms with E-state index in [1.165, 1.54) is 6.20 Å². The number of amides is 2. The van der Waals surface area contributed by atoms with Gasteiger partial charge < -0.3 is 16.4 Å². The highest BCUT2D eigenvalue weighted by Crippen LogP contribution is 2.01. The summed E-state index contributed by atoms with van der Waals surface area (Å²) in [4.78, 5) is 26.7. The molecule has 0 aromatic carbocycles. The van der Waals surface area contributed by atoms with Crippen molar-refractivity contribution in [3.05, 3.63) is 24.5 Å². The third-order valence-corrected chi connectivity index (χ3v) is 2.22. The molecule has 1 atom stereocenters. The average molecular weight is 250 g/mol. The summed E-state index contributed by atoms with van der Waals surface area (Å²) < 4.78 is 0. The molecule has 2 amide bonds. The first-order valence-corrected chi connectivity index (χ1v) is 5.80. The molecule has 98 valence electrons. The van der Waals surface area contributed by atoms with Crippen LogP contribution in [0.3, 0.4) is 0 Å². The van der Waals surface area contributed by atoms with Gasteiger partial charge in [-0.2, -0.15) is 0 Å². The monoisotopic (exact) mass is 250 g/mol. The van der Waals surface area contributed by atoms with Crippen LogP contribution in [0, 0.1) is 0 Å². The second-order valence-electron chi connectivity index (χ2n) is 4.08. The number of nitrogens with two attached hydrogens (primary N) is 1. The average Bonchev–Trinajstić information content (AvgIpc) is 2.35. The van der Waals surface area contributed by atoms with Crippen molar-refractivity contribution in [1.29, 1.82) is 0 Å². The van der Waals surface area contributed by atoms with E-state index in [0.29, 0.717) is 18.5 Å². The molecule has 1 heterocycles. The minimum Gasteiger partial charge on any atom is -0.347 e. The standard InChI is InChI=1S/C12H18N4O2/c1-9(13)4-5-11(17)15-8-12(18)16-10-3-2-6-14-7-10/h2-3,6-7,9H,4-5,8,13H2,1H3,(H,15,17)(H,16,18). The molecule has 0 bridgehead atoms. The highest BCUT2D eigenvalue weighted by atomic mass is 16.2. The SMILES string of the molecule is CC(N)CCC(=O)NCC(=O)Nc1cccnc1. The summed E-state index contributed by atoms with van der Waals surface area (Å²) in [6, 6.07) is 3.43. The van der Waals surface area contributed by atoms with Crippen molar-refractivity contribution in [3.63, 3.8) is 0 Å². The van der Waals surface area contributed by atoms with Gasteiger partial charge in [0, 0.05) is 18.7 Å². The van der Waals surface area contributed by atoms with Gasteiger partial charge >= 0.3 is 0 Å². The van der Waals surface area contributed by atoms with Gasteiger partial charge in [0.2, 0.25) is 11.8 Å². The summed E-state index contributed by atoms with van der Waals surface area (Å²) in [7, 11) is 0. The highest BCUT2D eigenvalue weighted by molar-refractivity contribution is 5.94. The van der Waals surface area contributed by atoms with Crippen LogP contribution in [0.5, 0.6) is 0 Å².